The Morgan fingerprint density at radius 2 is 2.26 bits per heavy atom. The number of aryl methyl sites for hydroxylation is 1. The van der Waals surface area contributed by atoms with E-state index in [1.54, 1.807) is 7.11 Å². The van der Waals surface area contributed by atoms with Crippen LogP contribution in [0.3, 0.4) is 0 Å². The van der Waals surface area contributed by atoms with E-state index in [0.717, 1.165) is 19.5 Å². The maximum atomic E-state index is 12.1. The number of amides is 1. The molecule has 0 bridgehead atoms. The molecule has 1 aliphatic heterocycles. The number of nitrogens with two attached hydrogens (primary N) is 1. The molecule has 2 rings (SSSR count). The van der Waals surface area contributed by atoms with E-state index in [0.29, 0.717) is 5.92 Å². The Morgan fingerprint density at radius 1 is 1.53 bits per heavy atom. The molecular weight excluding hydrogens is 240 g/mol. The minimum atomic E-state index is -0.541. The molecule has 104 valence electrons. The van der Waals surface area contributed by atoms with Crippen LogP contribution in [-0.4, -0.2) is 43.7 Å². The number of hydrogen-bond donors (Lipinski definition) is 1. The summed E-state index contributed by atoms with van der Waals surface area (Å²) >= 11 is 0. The van der Waals surface area contributed by atoms with Gasteiger partial charge in [0, 0.05) is 26.1 Å². The zero-order valence-electron chi connectivity index (χ0n) is 11.6. The topological polar surface area (TPSA) is 55.6 Å². The SMILES string of the molecule is COCC(N)C(=O)N1CCC(c2ccccc2C)C1. The second kappa shape index (κ2) is 6.17. The van der Waals surface area contributed by atoms with Gasteiger partial charge in [-0.3, -0.25) is 4.79 Å². The number of ether oxygens (including phenoxy) is 1. The number of carbonyl (C=O) groups is 1. The Bertz CT molecular complexity index is 448. The number of rotatable bonds is 4. The summed E-state index contributed by atoms with van der Waals surface area (Å²) < 4.78 is 4.94. The predicted molar refractivity (Wildman–Crippen MR) is 75.0 cm³/mol. The van der Waals surface area contributed by atoms with Crippen LogP contribution in [0.25, 0.3) is 0 Å². The van der Waals surface area contributed by atoms with E-state index in [-0.39, 0.29) is 12.5 Å². The molecule has 2 atom stereocenters. The van der Waals surface area contributed by atoms with Crippen LogP contribution in [0.4, 0.5) is 0 Å². The second-order valence-electron chi connectivity index (χ2n) is 5.19. The minimum absolute atomic E-state index is 0.00191. The van der Waals surface area contributed by atoms with Gasteiger partial charge in [0.1, 0.15) is 6.04 Å². The summed E-state index contributed by atoms with van der Waals surface area (Å²) in [5.41, 5.74) is 8.45. The van der Waals surface area contributed by atoms with Crippen molar-refractivity contribution in [3.63, 3.8) is 0 Å². The van der Waals surface area contributed by atoms with Crippen LogP contribution in [0.5, 0.6) is 0 Å². The van der Waals surface area contributed by atoms with E-state index >= 15 is 0 Å². The number of carbonyl (C=O) groups excluding carboxylic acids is 1. The highest BCUT2D eigenvalue weighted by molar-refractivity contribution is 5.82. The van der Waals surface area contributed by atoms with Crippen LogP contribution >= 0.6 is 0 Å². The van der Waals surface area contributed by atoms with Gasteiger partial charge in [-0.25, -0.2) is 0 Å². The van der Waals surface area contributed by atoms with Crippen molar-refractivity contribution in [3.05, 3.63) is 35.4 Å². The van der Waals surface area contributed by atoms with Crippen molar-refractivity contribution in [1.29, 1.82) is 0 Å². The highest BCUT2D eigenvalue weighted by Crippen LogP contribution is 2.29. The van der Waals surface area contributed by atoms with Crippen molar-refractivity contribution in [2.24, 2.45) is 5.73 Å². The fourth-order valence-corrected chi connectivity index (χ4v) is 2.74. The lowest BCUT2D eigenvalue weighted by Gasteiger charge is -2.21. The summed E-state index contributed by atoms with van der Waals surface area (Å²) in [4.78, 5) is 14.0. The molecule has 0 spiro atoms. The molecule has 4 nitrogen and oxygen atoms in total. The molecule has 1 aromatic carbocycles. The van der Waals surface area contributed by atoms with Crippen molar-refractivity contribution in [3.8, 4) is 0 Å². The van der Waals surface area contributed by atoms with Crippen molar-refractivity contribution in [2.45, 2.75) is 25.3 Å². The third-order valence-electron chi connectivity index (χ3n) is 3.79. The van der Waals surface area contributed by atoms with Crippen molar-refractivity contribution >= 4 is 5.91 Å². The summed E-state index contributed by atoms with van der Waals surface area (Å²) in [7, 11) is 1.56. The van der Waals surface area contributed by atoms with Crippen LogP contribution in [-0.2, 0) is 9.53 Å². The highest BCUT2D eigenvalue weighted by atomic mass is 16.5. The molecule has 1 heterocycles. The molecule has 0 radical (unpaired) electrons. The van der Waals surface area contributed by atoms with Crippen molar-refractivity contribution < 1.29 is 9.53 Å². The van der Waals surface area contributed by atoms with E-state index in [4.69, 9.17) is 10.5 Å². The molecule has 0 aliphatic carbocycles. The van der Waals surface area contributed by atoms with Crippen LogP contribution in [0.2, 0.25) is 0 Å². The van der Waals surface area contributed by atoms with Gasteiger partial charge in [0.25, 0.3) is 0 Å². The maximum Gasteiger partial charge on any atom is 0.241 e. The Labute approximate surface area is 114 Å². The van der Waals surface area contributed by atoms with E-state index in [1.165, 1.54) is 11.1 Å². The molecule has 1 aromatic rings. The largest absolute Gasteiger partial charge is 0.383 e. The Morgan fingerprint density at radius 3 is 2.95 bits per heavy atom. The first kappa shape index (κ1) is 14.0. The average Bonchev–Trinajstić information content (AvgIpc) is 2.88. The van der Waals surface area contributed by atoms with E-state index in [1.807, 2.05) is 11.0 Å². The molecule has 19 heavy (non-hydrogen) atoms. The van der Waals surface area contributed by atoms with Gasteiger partial charge >= 0.3 is 0 Å². The van der Waals surface area contributed by atoms with Crippen LogP contribution in [0.1, 0.15) is 23.5 Å². The maximum absolute atomic E-state index is 12.1. The molecule has 1 aliphatic rings. The van der Waals surface area contributed by atoms with Crippen LogP contribution < -0.4 is 5.73 Å². The van der Waals surface area contributed by atoms with Crippen LogP contribution in [0, 0.1) is 6.92 Å². The molecule has 1 amide bonds. The Hall–Kier alpha value is -1.39. The van der Waals surface area contributed by atoms with E-state index in [2.05, 4.69) is 25.1 Å². The first-order valence-corrected chi connectivity index (χ1v) is 6.72. The molecule has 1 fully saturated rings. The predicted octanol–water partition coefficient (Wildman–Crippen LogP) is 1.28. The third-order valence-corrected chi connectivity index (χ3v) is 3.79. The Balaban J connectivity index is 2.00. The lowest BCUT2D eigenvalue weighted by molar-refractivity contribution is -0.132. The van der Waals surface area contributed by atoms with Gasteiger partial charge in [0.15, 0.2) is 0 Å². The fourth-order valence-electron chi connectivity index (χ4n) is 2.74. The van der Waals surface area contributed by atoms with Gasteiger partial charge in [-0.2, -0.15) is 0 Å². The van der Waals surface area contributed by atoms with Gasteiger partial charge in [-0.15, -0.1) is 0 Å². The fraction of sp³-hybridized carbons (Fsp3) is 0.533. The third kappa shape index (κ3) is 3.14. The zero-order chi connectivity index (χ0) is 13.8. The molecular formula is C15H22N2O2. The van der Waals surface area contributed by atoms with Gasteiger partial charge in [-0.1, -0.05) is 24.3 Å². The molecule has 2 unspecified atom stereocenters. The number of benzene rings is 1. The highest BCUT2D eigenvalue weighted by Gasteiger charge is 2.30. The summed E-state index contributed by atoms with van der Waals surface area (Å²) in [5, 5.41) is 0. The standard InChI is InChI=1S/C15H22N2O2/c1-11-5-3-4-6-13(11)12-7-8-17(9-12)15(18)14(16)10-19-2/h3-6,12,14H,7-10,16H2,1-2H3. The second-order valence-corrected chi connectivity index (χ2v) is 5.19. The monoisotopic (exact) mass is 262 g/mol. The normalized spacial score (nSPS) is 20.6. The lowest BCUT2D eigenvalue weighted by atomic mass is 9.94. The van der Waals surface area contributed by atoms with E-state index in [9.17, 15) is 4.79 Å². The summed E-state index contributed by atoms with van der Waals surface area (Å²) in [6.07, 6.45) is 1.01. The zero-order valence-corrected chi connectivity index (χ0v) is 11.6. The molecule has 0 saturated carbocycles. The summed E-state index contributed by atoms with van der Waals surface area (Å²) in [6, 6.07) is 7.84. The van der Waals surface area contributed by atoms with Crippen molar-refractivity contribution in [2.75, 3.05) is 26.8 Å². The molecule has 4 heteroatoms. The molecule has 2 N–H and O–H groups in total. The summed E-state index contributed by atoms with van der Waals surface area (Å²) in [6.45, 7) is 3.96. The average molecular weight is 262 g/mol. The summed E-state index contributed by atoms with van der Waals surface area (Å²) in [5.74, 6) is 0.429. The van der Waals surface area contributed by atoms with Gasteiger partial charge in [0.05, 0.1) is 6.61 Å². The minimum Gasteiger partial charge on any atom is -0.383 e. The van der Waals surface area contributed by atoms with Gasteiger partial charge in [0.2, 0.25) is 5.91 Å². The number of likely N-dealkylation sites (tertiary alicyclic amines) is 1. The van der Waals surface area contributed by atoms with Crippen molar-refractivity contribution in [1.82, 2.24) is 4.90 Å². The van der Waals surface area contributed by atoms with Gasteiger partial charge < -0.3 is 15.4 Å². The molecule has 0 aromatic heterocycles. The first-order valence-electron chi connectivity index (χ1n) is 6.72. The number of hydrogen-bond acceptors (Lipinski definition) is 3. The number of nitrogens with zero attached hydrogens (tertiary/aromatic N) is 1. The Kier molecular flexibility index (Phi) is 4.56. The van der Waals surface area contributed by atoms with Gasteiger partial charge in [-0.05, 0) is 24.5 Å². The number of methoxy groups -OCH3 is 1. The first-order chi connectivity index (χ1) is 9.13. The van der Waals surface area contributed by atoms with Crippen LogP contribution in [0.15, 0.2) is 24.3 Å². The lowest BCUT2D eigenvalue weighted by Crippen LogP contribution is -2.45. The molecule has 1 saturated heterocycles. The van der Waals surface area contributed by atoms with E-state index < -0.39 is 6.04 Å². The smallest absolute Gasteiger partial charge is 0.241 e. The quantitative estimate of drug-likeness (QED) is 0.889.